The molecule has 0 radical (unpaired) electrons. The molecule has 0 aliphatic carbocycles. The highest BCUT2D eigenvalue weighted by Gasteiger charge is 2.15. The van der Waals surface area contributed by atoms with Gasteiger partial charge in [0, 0.05) is 68.2 Å². The molecule has 1 unspecified atom stereocenters. The Kier molecular flexibility index (Phi) is 6.42. The first kappa shape index (κ1) is 21.5. The van der Waals surface area contributed by atoms with E-state index in [-0.39, 0.29) is 11.6 Å². The number of aromatic nitrogens is 5. The second-order valence-electron chi connectivity index (χ2n) is 7.56. The van der Waals surface area contributed by atoms with Crippen molar-refractivity contribution in [2.45, 2.75) is 13.0 Å². The summed E-state index contributed by atoms with van der Waals surface area (Å²) < 4.78 is 8.53. The quantitative estimate of drug-likeness (QED) is 0.431. The largest absolute Gasteiger partial charge is 0.383 e. The van der Waals surface area contributed by atoms with Crippen LogP contribution in [0, 0.1) is 0 Å². The summed E-state index contributed by atoms with van der Waals surface area (Å²) in [5.41, 5.74) is 4.41. The van der Waals surface area contributed by atoms with E-state index in [0.29, 0.717) is 19.1 Å². The molecule has 1 aromatic carbocycles. The van der Waals surface area contributed by atoms with Crippen LogP contribution in [0.1, 0.15) is 18.5 Å². The van der Waals surface area contributed by atoms with E-state index in [1.54, 1.807) is 37.2 Å². The van der Waals surface area contributed by atoms with E-state index >= 15 is 0 Å². The molecule has 1 N–H and O–H groups in total. The van der Waals surface area contributed by atoms with Gasteiger partial charge in [-0.3, -0.25) is 9.48 Å². The van der Waals surface area contributed by atoms with Crippen LogP contribution in [0.2, 0.25) is 0 Å². The van der Waals surface area contributed by atoms with Crippen molar-refractivity contribution in [3.63, 3.8) is 0 Å². The fraction of sp³-hybridized carbons (Fsp3) is 0.250. The summed E-state index contributed by atoms with van der Waals surface area (Å²) >= 11 is 0. The summed E-state index contributed by atoms with van der Waals surface area (Å²) in [6.07, 6.45) is 9.10. The molecule has 0 aliphatic heterocycles. The van der Waals surface area contributed by atoms with Crippen LogP contribution in [0.25, 0.3) is 22.3 Å². The third-order valence-electron chi connectivity index (χ3n) is 5.37. The van der Waals surface area contributed by atoms with Crippen LogP contribution in [0.3, 0.4) is 0 Å². The van der Waals surface area contributed by atoms with Gasteiger partial charge >= 0.3 is 0 Å². The summed E-state index contributed by atoms with van der Waals surface area (Å²) in [5, 5.41) is 7.68. The number of pyridine rings is 1. The van der Waals surface area contributed by atoms with Crippen molar-refractivity contribution in [2.24, 2.45) is 7.05 Å². The van der Waals surface area contributed by atoms with E-state index < -0.39 is 0 Å². The van der Waals surface area contributed by atoms with Crippen molar-refractivity contribution < 1.29 is 4.74 Å². The normalized spacial score (nSPS) is 12.0. The minimum absolute atomic E-state index is 0.0849. The van der Waals surface area contributed by atoms with Crippen LogP contribution in [0.15, 0.2) is 72.2 Å². The lowest BCUT2D eigenvalue weighted by Gasteiger charge is -2.13. The van der Waals surface area contributed by atoms with Crippen LogP contribution < -0.4 is 10.9 Å². The summed E-state index contributed by atoms with van der Waals surface area (Å²) in [6, 6.07) is 11.9. The van der Waals surface area contributed by atoms with Gasteiger partial charge in [-0.1, -0.05) is 30.3 Å². The third kappa shape index (κ3) is 4.60. The molecule has 4 aromatic rings. The molecule has 3 aromatic heterocycles. The second-order valence-corrected chi connectivity index (χ2v) is 7.56. The van der Waals surface area contributed by atoms with Crippen LogP contribution >= 0.6 is 0 Å². The van der Waals surface area contributed by atoms with E-state index in [1.165, 1.54) is 5.56 Å². The van der Waals surface area contributed by atoms with Gasteiger partial charge in [0.2, 0.25) is 5.95 Å². The minimum Gasteiger partial charge on any atom is -0.383 e. The lowest BCUT2D eigenvalue weighted by atomic mass is 10.0. The van der Waals surface area contributed by atoms with Gasteiger partial charge in [0.05, 0.1) is 18.8 Å². The molecule has 0 amide bonds. The van der Waals surface area contributed by atoms with Crippen LogP contribution in [-0.2, 0) is 11.8 Å². The first-order chi connectivity index (χ1) is 15.6. The Morgan fingerprint density at radius 2 is 1.78 bits per heavy atom. The Balaban J connectivity index is 1.68. The first-order valence-corrected chi connectivity index (χ1v) is 10.4. The smallest absolute Gasteiger partial charge is 0.250 e. The molecule has 8 heteroatoms. The molecule has 0 fully saturated rings. The van der Waals surface area contributed by atoms with Gasteiger partial charge in [-0.25, -0.2) is 9.97 Å². The Labute approximate surface area is 186 Å². The molecular weight excluding hydrogens is 404 g/mol. The van der Waals surface area contributed by atoms with Gasteiger partial charge in [0.15, 0.2) is 0 Å². The van der Waals surface area contributed by atoms with E-state index in [0.717, 1.165) is 22.3 Å². The Bertz CT molecular complexity index is 1230. The summed E-state index contributed by atoms with van der Waals surface area (Å²) in [7, 11) is 3.39. The van der Waals surface area contributed by atoms with Crippen LogP contribution in [0.5, 0.6) is 0 Å². The van der Waals surface area contributed by atoms with Crippen molar-refractivity contribution in [3.8, 4) is 22.3 Å². The number of nitrogens with zero attached hydrogens (tertiary/aromatic N) is 5. The molecule has 3 heterocycles. The lowest BCUT2D eigenvalue weighted by molar-refractivity contribution is 0.210. The average Bonchev–Trinajstić information content (AvgIpc) is 3.31. The molecule has 4 rings (SSSR count). The van der Waals surface area contributed by atoms with Crippen LogP contribution in [-0.4, -0.2) is 44.6 Å². The predicted molar refractivity (Wildman–Crippen MR) is 125 cm³/mol. The molecule has 0 spiro atoms. The predicted octanol–water partition coefficient (Wildman–Crippen LogP) is 3.37. The van der Waals surface area contributed by atoms with Gasteiger partial charge < -0.3 is 14.6 Å². The SMILES string of the molecule is COCCNc1ncc(-c2cc(=O)n(C)cc2-c2cnn(C(C)c3ccccc3)c2)cn1. The molecule has 0 saturated heterocycles. The van der Waals surface area contributed by atoms with E-state index in [9.17, 15) is 4.79 Å². The fourth-order valence-corrected chi connectivity index (χ4v) is 3.50. The molecule has 0 saturated carbocycles. The molecule has 1 atom stereocenters. The standard InChI is InChI=1S/C24H26N6O2/c1-17(18-7-5-4-6-8-18)30-15-20(14-28-30)22-16-29(2)23(31)11-21(22)19-12-26-24(27-13-19)25-9-10-32-3/h4-8,11-17H,9-10H2,1-3H3,(H,25,26,27). The maximum Gasteiger partial charge on any atom is 0.250 e. The number of aryl methyl sites for hydroxylation is 1. The number of hydrogen-bond acceptors (Lipinski definition) is 6. The summed E-state index contributed by atoms with van der Waals surface area (Å²) in [5.74, 6) is 0.515. The minimum atomic E-state index is -0.101. The number of rotatable bonds is 8. The molecule has 164 valence electrons. The zero-order valence-electron chi connectivity index (χ0n) is 18.4. The fourth-order valence-electron chi connectivity index (χ4n) is 3.50. The number of anilines is 1. The molecule has 0 bridgehead atoms. The summed E-state index contributed by atoms with van der Waals surface area (Å²) in [6.45, 7) is 3.29. The van der Waals surface area contributed by atoms with Crippen molar-refractivity contribution in [1.82, 2.24) is 24.3 Å². The zero-order chi connectivity index (χ0) is 22.5. The molecule has 0 aliphatic rings. The third-order valence-corrected chi connectivity index (χ3v) is 5.37. The number of benzene rings is 1. The van der Waals surface area contributed by atoms with Gasteiger partial charge in [-0.05, 0) is 18.1 Å². The van der Waals surface area contributed by atoms with Crippen LogP contribution in [0.4, 0.5) is 5.95 Å². The van der Waals surface area contributed by atoms with Crippen molar-refractivity contribution in [1.29, 1.82) is 0 Å². The highest BCUT2D eigenvalue weighted by Crippen LogP contribution is 2.31. The molecular formula is C24H26N6O2. The number of ether oxygens (including phenoxy) is 1. The number of methoxy groups -OCH3 is 1. The zero-order valence-corrected chi connectivity index (χ0v) is 18.4. The Morgan fingerprint density at radius 1 is 1.03 bits per heavy atom. The maximum atomic E-state index is 12.4. The molecule has 8 nitrogen and oxygen atoms in total. The first-order valence-electron chi connectivity index (χ1n) is 10.4. The second kappa shape index (κ2) is 9.57. The highest BCUT2D eigenvalue weighted by atomic mass is 16.5. The van der Waals surface area contributed by atoms with E-state index in [1.807, 2.05) is 41.5 Å². The summed E-state index contributed by atoms with van der Waals surface area (Å²) in [4.78, 5) is 21.2. The average molecular weight is 431 g/mol. The highest BCUT2D eigenvalue weighted by molar-refractivity contribution is 5.81. The van der Waals surface area contributed by atoms with Crippen molar-refractivity contribution >= 4 is 5.95 Å². The number of hydrogen-bond donors (Lipinski definition) is 1. The van der Waals surface area contributed by atoms with Crippen molar-refractivity contribution in [2.75, 3.05) is 25.6 Å². The number of nitrogens with one attached hydrogen (secondary N) is 1. The molecule has 32 heavy (non-hydrogen) atoms. The van der Waals surface area contributed by atoms with Gasteiger partial charge in [0.1, 0.15) is 0 Å². The van der Waals surface area contributed by atoms with Gasteiger partial charge in [-0.2, -0.15) is 5.10 Å². The Morgan fingerprint density at radius 3 is 2.50 bits per heavy atom. The maximum absolute atomic E-state index is 12.4. The van der Waals surface area contributed by atoms with Gasteiger partial charge in [-0.15, -0.1) is 0 Å². The van der Waals surface area contributed by atoms with Gasteiger partial charge in [0.25, 0.3) is 5.56 Å². The van der Waals surface area contributed by atoms with E-state index in [4.69, 9.17) is 4.74 Å². The monoisotopic (exact) mass is 430 g/mol. The van der Waals surface area contributed by atoms with E-state index in [2.05, 4.69) is 39.4 Å². The lowest BCUT2D eigenvalue weighted by Crippen LogP contribution is -2.15. The Hall–Kier alpha value is -3.78. The topological polar surface area (TPSA) is 86.9 Å². The van der Waals surface area contributed by atoms with Crippen molar-refractivity contribution in [3.05, 3.63) is 83.3 Å².